The van der Waals surface area contributed by atoms with Crippen molar-refractivity contribution < 1.29 is 4.79 Å². The molecule has 1 aromatic carbocycles. The normalized spacial score (nSPS) is 20.2. The number of hydrogen-bond acceptors (Lipinski definition) is 2. The van der Waals surface area contributed by atoms with Gasteiger partial charge in [-0.2, -0.15) is 0 Å². The Balaban J connectivity index is 2.21. The van der Waals surface area contributed by atoms with Crippen LogP contribution in [0.2, 0.25) is 0 Å². The second-order valence-electron chi connectivity index (χ2n) is 3.92. The average Bonchev–Trinajstić information content (AvgIpc) is 2.64. The minimum atomic E-state index is 0.0484. The number of hydrogen-bond donors (Lipinski definition) is 1. The summed E-state index contributed by atoms with van der Waals surface area (Å²) >= 11 is 6.76. The van der Waals surface area contributed by atoms with Gasteiger partial charge in [0, 0.05) is 28.1 Å². The molecule has 16 heavy (non-hydrogen) atoms. The van der Waals surface area contributed by atoms with Crippen molar-refractivity contribution in [3.63, 3.8) is 0 Å². The molecule has 2 rings (SSSR count). The van der Waals surface area contributed by atoms with E-state index in [4.69, 9.17) is 5.73 Å². The van der Waals surface area contributed by atoms with Crippen molar-refractivity contribution in [1.29, 1.82) is 0 Å². The van der Waals surface area contributed by atoms with E-state index in [2.05, 4.69) is 31.9 Å². The number of likely N-dealkylation sites (tertiary alicyclic amines) is 1. The van der Waals surface area contributed by atoms with E-state index in [-0.39, 0.29) is 11.9 Å². The molecule has 1 fully saturated rings. The molecule has 0 bridgehead atoms. The smallest absolute Gasteiger partial charge is 0.255 e. The van der Waals surface area contributed by atoms with Crippen LogP contribution >= 0.6 is 31.9 Å². The van der Waals surface area contributed by atoms with Crippen LogP contribution in [0.1, 0.15) is 16.8 Å². The molecule has 5 heteroatoms. The first-order valence-corrected chi connectivity index (χ1v) is 6.66. The van der Waals surface area contributed by atoms with E-state index >= 15 is 0 Å². The van der Waals surface area contributed by atoms with Crippen molar-refractivity contribution in [1.82, 2.24) is 4.90 Å². The van der Waals surface area contributed by atoms with Crippen molar-refractivity contribution in [2.24, 2.45) is 5.73 Å². The van der Waals surface area contributed by atoms with Gasteiger partial charge in [0.2, 0.25) is 0 Å². The van der Waals surface area contributed by atoms with Gasteiger partial charge in [0.25, 0.3) is 5.91 Å². The van der Waals surface area contributed by atoms with Gasteiger partial charge in [-0.05, 0) is 40.5 Å². The molecule has 1 heterocycles. The van der Waals surface area contributed by atoms with Crippen LogP contribution in [0.25, 0.3) is 0 Å². The van der Waals surface area contributed by atoms with Gasteiger partial charge in [-0.1, -0.05) is 15.9 Å². The molecule has 3 nitrogen and oxygen atoms in total. The van der Waals surface area contributed by atoms with Crippen LogP contribution < -0.4 is 5.73 Å². The van der Waals surface area contributed by atoms with Crippen molar-refractivity contribution in [2.75, 3.05) is 13.1 Å². The molecule has 0 aliphatic carbocycles. The van der Waals surface area contributed by atoms with E-state index in [1.165, 1.54) is 0 Å². The first-order valence-electron chi connectivity index (χ1n) is 5.08. The van der Waals surface area contributed by atoms with Gasteiger partial charge < -0.3 is 10.6 Å². The fraction of sp³-hybridized carbons (Fsp3) is 0.364. The fourth-order valence-electron chi connectivity index (χ4n) is 1.81. The highest BCUT2D eigenvalue weighted by atomic mass is 79.9. The summed E-state index contributed by atoms with van der Waals surface area (Å²) in [6.45, 7) is 1.41. The largest absolute Gasteiger partial charge is 0.337 e. The molecule has 0 spiro atoms. The summed E-state index contributed by atoms with van der Waals surface area (Å²) in [6, 6.07) is 5.69. The highest BCUT2D eigenvalue weighted by molar-refractivity contribution is 9.11. The summed E-state index contributed by atoms with van der Waals surface area (Å²) in [7, 11) is 0. The minimum absolute atomic E-state index is 0.0484. The van der Waals surface area contributed by atoms with Crippen molar-refractivity contribution in [3.05, 3.63) is 32.7 Å². The molecule has 86 valence electrons. The molecule has 0 radical (unpaired) electrons. The van der Waals surface area contributed by atoms with Gasteiger partial charge in [0.15, 0.2) is 0 Å². The Kier molecular flexibility index (Phi) is 3.66. The number of carbonyl (C=O) groups excluding carboxylic acids is 1. The van der Waals surface area contributed by atoms with Crippen LogP contribution in [0.3, 0.4) is 0 Å². The van der Waals surface area contributed by atoms with Crippen LogP contribution in [0.15, 0.2) is 27.1 Å². The third-order valence-electron chi connectivity index (χ3n) is 2.67. The van der Waals surface area contributed by atoms with E-state index in [1.807, 2.05) is 18.2 Å². The Labute approximate surface area is 111 Å². The van der Waals surface area contributed by atoms with Crippen LogP contribution in [0.5, 0.6) is 0 Å². The van der Waals surface area contributed by atoms with Gasteiger partial charge in [-0.3, -0.25) is 4.79 Å². The Morgan fingerprint density at radius 1 is 1.44 bits per heavy atom. The van der Waals surface area contributed by atoms with Gasteiger partial charge in [0.05, 0.1) is 5.56 Å². The third kappa shape index (κ3) is 2.47. The highest BCUT2D eigenvalue weighted by Gasteiger charge is 2.25. The standard InChI is InChI=1S/C11H12Br2N2O/c12-7-1-2-9(10(13)5-7)11(16)15-4-3-8(14)6-15/h1-2,5,8H,3-4,6,14H2/t8-/m1/s1. The van der Waals surface area contributed by atoms with Gasteiger partial charge >= 0.3 is 0 Å². The lowest BCUT2D eigenvalue weighted by atomic mass is 10.2. The quantitative estimate of drug-likeness (QED) is 0.847. The molecule has 1 aliphatic rings. The zero-order valence-corrected chi connectivity index (χ0v) is 11.8. The van der Waals surface area contributed by atoms with Crippen LogP contribution in [-0.2, 0) is 0 Å². The number of amides is 1. The summed E-state index contributed by atoms with van der Waals surface area (Å²) in [5.41, 5.74) is 6.48. The van der Waals surface area contributed by atoms with Crippen molar-refractivity contribution >= 4 is 37.8 Å². The van der Waals surface area contributed by atoms with Gasteiger partial charge in [-0.15, -0.1) is 0 Å². The van der Waals surface area contributed by atoms with E-state index < -0.39 is 0 Å². The average molecular weight is 348 g/mol. The maximum Gasteiger partial charge on any atom is 0.255 e. The molecule has 0 aromatic heterocycles. The maximum absolute atomic E-state index is 12.1. The maximum atomic E-state index is 12.1. The molecule has 1 atom stereocenters. The SMILES string of the molecule is N[C@@H]1CCN(C(=O)c2ccc(Br)cc2Br)C1. The Bertz CT molecular complexity index is 422. The minimum Gasteiger partial charge on any atom is -0.337 e. The predicted octanol–water partition coefficient (Wildman–Crippen LogP) is 2.38. The zero-order valence-electron chi connectivity index (χ0n) is 8.62. The lowest BCUT2D eigenvalue weighted by Gasteiger charge is -2.16. The first-order chi connectivity index (χ1) is 7.58. The number of benzene rings is 1. The molecule has 0 unspecified atom stereocenters. The topological polar surface area (TPSA) is 46.3 Å². The third-order valence-corrected chi connectivity index (χ3v) is 3.82. The first kappa shape index (κ1) is 12.1. The Hall–Kier alpha value is -0.390. The molecule has 0 saturated carbocycles. The number of halogens is 2. The molecule has 1 saturated heterocycles. The van der Waals surface area contributed by atoms with Crippen LogP contribution in [-0.4, -0.2) is 29.9 Å². The molecule has 2 N–H and O–H groups in total. The second-order valence-corrected chi connectivity index (χ2v) is 5.69. The molecular weight excluding hydrogens is 336 g/mol. The summed E-state index contributed by atoms with van der Waals surface area (Å²) < 4.78 is 1.77. The summed E-state index contributed by atoms with van der Waals surface area (Å²) in [4.78, 5) is 14.0. The molecule has 1 aliphatic heterocycles. The van der Waals surface area contributed by atoms with Gasteiger partial charge in [-0.25, -0.2) is 0 Å². The van der Waals surface area contributed by atoms with E-state index in [1.54, 1.807) is 4.90 Å². The number of carbonyl (C=O) groups is 1. The summed E-state index contributed by atoms with van der Waals surface area (Å²) in [5.74, 6) is 0.0484. The highest BCUT2D eigenvalue weighted by Crippen LogP contribution is 2.24. The van der Waals surface area contributed by atoms with Crippen molar-refractivity contribution in [3.8, 4) is 0 Å². The van der Waals surface area contributed by atoms with Gasteiger partial charge in [0.1, 0.15) is 0 Å². The lowest BCUT2D eigenvalue weighted by Crippen LogP contribution is -2.32. The zero-order chi connectivity index (χ0) is 11.7. The molecular formula is C11H12Br2N2O. The second kappa shape index (κ2) is 4.85. The Morgan fingerprint density at radius 3 is 2.75 bits per heavy atom. The van der Waals surface area contributed by atoms with Crippen LogP contribution in [0, 0.1) is 0 Å². The lowest BCUT2D eigenvalue weighted by molar-refractivity contribution is 0.0790. The van der Waals surface area contributed by atoms with E-state index in [0.717, 1.165) is 21.9 Å². The predicted molar refractivity (Wildman–Crippen MR) is 70.3 cm³/mol. The van der Waals surface area contributed by atoms with E-state index in [0.29, 0.717) is 12.1 Å². The summed E-state index contributed by atoms with van der Waals surface area (Å²) in [5, 5.41) is 0. The summed E-state index contributed by atoms with van der Waals surface area (Å²) in [6.07, 6.45) is 0.889. The number of rotatable bonds is 1. The van der Waals surface area contributed by atoms with E-state index in [9.17, 15) is 4.79 Å². The number of nitrogens with two attached hydrogens (primary N) is 1. The fourth-order valence-corrected chi connectivity index (χ4v) is 3.02. The van der Waals surface area contributed by atoms with Crippen LogP contribution in [0.4, 0.5) is 0 Å². The Morgan fingerprint density at radius 2 is 2.19 bits per heavy atom. The van der Waals surface area contributed by atoms with Crippen molar-refractivity contribution in [2.45, 2.75) is 12.5 Å². The number of nitrogens with zero attached hydrogens (tertiary/aromatic N) is 1. The molecule has 1 aromatic rings. The molecule has 1 amide bonds. The monoisotopic (exact) mass is 346 g/mol.